The van der Waals surface area contributed by atoms with Crippen molar-refractivity contribution in [2.24, 2.45) is 0 Å². The van der Waals surface area contributed by atoms with Gasteiger partial charge in [0.2, 0.25) is 17.8 Å². The number of benzene rings is 1. The third kappa shape index (κ3) is 4.14. The molecule has 2 aliphatic heterocycles. The molecule has 0 unspecified atom stereocenters. The van der Waals surface area contributed by atoms with Gasteiger partial charge in [0.15, 0.2) is 5.65 Å². The number of hydrogen-bond donors (Lipinski definition) is 2. The Labute approximate surface area is 201 Å². The highest BCUT2D eigenvalue weighted by molar-refractivity contribution is 6.15. The molecular weight excluding hydrogens is 446 g/mol. The zero-order valence-electron chi connectivity index (χ0n) is 18.9. The summed E-state index contributed by atoms with van der Waals surface area (Å²) in [5.74, 6) is 0.550. The third-order valence-electron chi connectivity index (χ3n) is 6.44. The summed E-state index contributed by atoms with van der Waals surface area (Å²) in [5, 5.41) is 19.2. The zero-order chi connectivity index (χ0) is 23.9. The molecule has 2 aromatic heterocycles. The predicted molar refractivity (Wildman–Crippen MR) is 129 cm³/mol. The molecule has 3 fully saturated rings. The van der Waals surface area contributed by atoms with Crippen LogP contribution < -0.4 is 20.4 Å². The number of carbonyl (C=O) groups is 2. The molecule has 4 heterocycles. The van der Waals surface area contributed by atoms with Crippen molar-refractivity contribution in [1.82, 2.24) is 24.9 Å². The van der Waals surface area contributed by atoms with Crippen molar-refractivity contribution in [3.63, 3.8) is 0 Å². The van der Waals surface area contributed by atoms with Crippen molar-refractivity contribution in [3.05, 3.63) is 47.2 Å². The molecule has 2 saturated heterocycles. The van der Waals surface area contributed by atoms with Crippen molar-refractivity contribution < 1.29 is 9.59 Å². The molecule has 3 aliphatic rings. The zero-order valence-corrected chi connectivity index (χ0v) is 18.9. The molecule has 6 rings (SSSR count). The van der Waals surface area contributed by atoms with Crippen LogP contribution in [0.25, 0.3) is 11.7 Å². The van der Waals surface area contributed by atoms with E-state index in [1.165, 1.54) is 0 Å². The van der Waals surface area contributed by atoms with Crippen LogP contribution in [-0.4, -0.2) is 63.6 Å². The number of imide groups is 1. The largest absolute Gasteiger partial charge is 0.368 e. The number of anilines is 3. The van der Waals surface area contributed by atoms with E-state index in [-0.39, 0.29) is 18.2 Å². The minimum atomic E-state index is -0.376. The van der Waals surface area contributed by atoms with Crippen molar-refractivity contribution in [3.8, 4) is 6.07 Å². The van der Waals surface area contributed by atoms with Gasteiger partial charge in [-0.05, 0) is 43.2 Å². The Morgan fingerprint density at radius 2 is 1.80 bits per heavy atom. The summed E-state index contributed by atoms with van der Waals surface area (Å²) < 4.78 is 1.66. The number of aromatic nitrogens is 4. The van der Waals surface area contributed by atoms with Gasteiger partial charge in [0, 0.05) is 49.0 Å². The van der Waals surface area contributed by atoms with Crippen LogP contribution in [0.4, 0.5) is 17.6 Å². The average Bonchev–Trinajstić information content (AvgIpc) is 3.52. The van der Waals surface area contributed by atoms with Crippen LogP contribution in [0.15, 0.2) is 36.0 Å². The highest BCUT2D eigenvalue weighted by atomic mass is 16.2. The molecular formula is C24H23N9O2. The molecule has 35 heavy (non-hydrogen) atoms. The Balaban J connectivity index is 1.28. The Morgan fingerprint density at radius 1 is 1.06 bits per heavy atom. The van der Waals surface area contributed by atoms with Crippen LogP contribution in [0.1, 0.15) is 30.4 Å². The highest BCUT2D eigenvalue weighted by Gasteiger charge is 2.27. The average molecular weight is 470 g/mol. The van der Waals surface area contributed by atoms with E-state index in [1.54, 1.807) is 16.8 Å². The predicted octanol–water partition coefficient (Wildman–Crippen LogP) is 1.33. The standard InChI is InChI=1S/C24H23N9O2/c25-13-15-1-5-19(6-2-15)31-7-9-32(10-8-31)23-29-21-17(11-16-12-20(34)28-22(16)35)14-26-33(21)24(30-23)27-18-3-4-18/h1-2,5-6,11,14,18H,3-4,7-10,12H2,(H,27,29,30)(H,28,34,35)/b16-11+. The van der Waals surface area contributed by atoms with E-state index in [1.807, 2.05) is 24.3 Å². The van der Waals surface area contributed by atoms with Crippen LogP contribution in [0, 0.1) is 11.3 Å². The molecule has 1 aliphatic carbocycles. The Morgan fingerprint density at radius 3 is 2.46 bits per heavy atom. The maximum atomic E-state index is 12.1. The van der Waals surface area contributed by atoms with Gasteiger partial charge >= 0.3 is 0 Å². The van der Waals surface area contributed by atoms with Crippen molar-refractivity contribution in [1.29, 1.82) is 5.26 Å². The Hall–Kier alpha value is -4.46. The molecule has 2 amide bonds. The van der Waals surface area contributed by atoms with Crippen LogP contribution in [0.2, 0.25) is 0 Å². The number of piperazine rings is 1. The van der Waals surface area contributed by atoms with E-state index in [2.05, 4.69) is 31.6 Å². The summed E-state index contributed by atoms with van der Waals surface area (Å²) in [6, 6.07) is 10.2. The molecule has 176 valence electrons. The Bertz CT molecular complexity index is 1390. The first kappa shape index (κ1) is 21.1. The highest BCUT2D eigenvalue weighted by Crippen LogP contribution is 2.27. The minimum absolute atomic E-state index is 0.0542. The van der Waals surface area contributed by atoms with Crippen molar-refractivity contribution >= 4 is 41.1 Å². The van der Waals surface area contributed by atoms with Gasteiger partial charge in [-0.15, -0.1) is 0 Å². The lowest BCUT2D eigenvalue weighted by atomic mass is 10.1. The van der Waals surface area contributed by atoms with Gasteiger partial charge in [-0.25, -0.2) is 0 Å². The van der Waals surface area contributed by atoms with E-state index in [0.717, 1.165) is 44.7 Å². The van der Waals surface area contributed by atoms with Gasteiger partial charge in [0.05, 0.1) is 24.3 Å². The fraction of sp³-hybridized carbons (Fsp3) is 0.333. The normalized spacial score (nSPS) is 19.3. The van der Waals surface area contributed by atoms with Gasteiger partial charge in [-0.2, -0.15) is 24.8 Å². The number of rotatable bonds is 5. The minimum Gasteiger partial charge on any atom is -0.368 e. The van der Waals surface area contributed by atoms with E-state index in [4.69, 9.17) is 15.2 Å². The number of hydrogen-bond acceptors (Lipinski definition) is 9. The molecule has 0 spiro atoms. The fourth-order valence-corrected chi connectivity index (χ4v) is 4.35. The number of nitrogens with one attached hydrogen (secondary N) is 2. The van der Waals surface area contributed by atoms with Gasteiger partial charge < -0.3 is 15.1 Å². The molecule has 1 saturated carbocycles. The van der Waals surface area contributed by atoms with E-state index < -0.39 is 0 Å². The van der Waals surface area contributed by atoms with Crippen molar-refractivity contribution in [2.75, 3.05) is 41.3 Å². The summed E-state index contributed by atoms with van der Waals surface area (Å²) in [4.78, 5) is 37.7. The molecule has 2 N–H and O–H groups in total. The topological polar surface area (TPSA) is 132 Å². The molecule has 1 aromatic carbocycles. The van der Waals surface area contributed by atoms with Gasteiger partial charge in [0.25, 0.3) is 5.91 Å². The van der Waals surface area contributed by atoms with Gasteiger partial charge in [0.1, 0.15) is 0 Å². The molecule has 11 nitrogen and oxygen atoms in total. The quantitative estimate of drug-likeness (QED) is 0.419. The second-order valence-corrected chi connectivity index (χ2v) is 8.96. The lowest BCUT2D eigenvalue weighted by Crippen LogP contribution is -2.47. The first-order chi connectivity index (χ1) is 17.1. The second kappa shape index (κ2) is 8.39. The summed E-state index contributed by atoms with van der Waals surface area (Å²) in [6.45, 7) is 3.07. The van der Waals surface area contributed by atoms with Crippen LogP contribution in [0.3, 0.4) is 0 Å². The smallest absolute Gasteiger partial charge is 0.254 e. The summed E-state index contributed by atoms with van der Waals surface area (Å²) in [5.41, 5.74) is 3.40. The summed E-state index contributed by atoms with van der Waals surface area (Å²) in [6.07, 6.45) is 5.56. The number of carbonyl (C=O) groups excluding carboxylic acids is 2. The summed E-state index contributed by atoms with van der Waals surface area (Å²) >= 11 is 0. The molecule has 0 atom stereocenters. The lowest BCUT2D eigenvalue weighted by molar-refractivity contribution is -0.124. The number of fused-ring (bicyclic) bond motifs is 1. The van der Waals surface area contributed by atoms with Crippen molar-refractivity contribution in [2.45, 2.75) is 25.3 Å². The monoisotopic (exact) mass is 469 g/mol. The SMILES string of the molecule is N#Cc1ccc(N2CCN(c3nc(NC4CC4)n4ncc(/C=C5\CC(=O)NC5=O)c4n3)CC2)cc1. The lowest BCUT2D eigenvalue weighted by Gasteiger charge is -2.36. The number of amides is 2. The summed E-state index contributed by atoms with van der Waals surface area (Å²) in [7, 11) is 0. The number of nitriles is 1. The van der Waals surface area contributed by atoms with Gasteiger partial charge in [-0.3, -0.25) is 14.9 Å². The van der Waals surface area contributed by atoms with Crippen LogP contribution in [0.5, 0.6) is 0 Å². The maximum absolute atomic E-state index is 12.1. The van der Waals surface area contributed by atoms with E-state index in [9.17, 15) is 9.59 Å². The van der Waals surface area contributed by atoms with Gasteiger partial charge in [-0.1, -0.05) is 0 Å². The van der Waals surface area contributed by atoms with Crippen LogP contribution >= 0.6 is 0 Å². The maximum Gasteiger partial charge on any atom is 0.254 e. The first-order valence-electron chi connectivity index (χ1n) is 11.6. The molecule has 0 bridgehead atoms. The molecule has 3 aromatic rings. The first-order valence-corrected chi connectivity index (χ1v) is 11.6. The fourth-order valence-electron chi connectivity index (χ4n) is 4.35. The molecule has 0 radical (unpaired) electrons. The third-order valence-corrected chi connectivity index (χ3v) is 6.44. The molecule has 11 heteroatoms. The van der Waals surface area contributed by atoms with E-state index >= 15 is 0 Å². The second-order valence-electron chi connectivity index (χ2n) is 8.96. The van der Waals surface area contributed by atoms with Crippen LogP contribution in [-0.2, 0) is 9.59 Å². The number of nitrogens with zero attached hydrogens (tertiary/aromatic N) is 7. The Kier molecular flexibility index (Phi) is 5.06. The van der Waals surface area contributed by atoms with E-state index in [0.29, 0.717) is 40.3 Å².